The molecule has 0 aromatic rings. The van der Waals surface area contributed by atoms with Gasteiger partial charge in [-0.05, 0) is 31.6 Å². The van der Waals surface area contributed by atoms with Gasteiger partial charge in [0.25, 0.3) is 0 Å². The standard InChI is InChI=1S/C76H148O17P2/c1-6-9-12-15-18-20-22-23-24-25-26-27-30-34-38-42-47-52-57-62-76(81)93-72(66-87-74(79)60-55-50-45-40-37-33-31-28-29-32-36-39-44-48-53-58-69(4)5)68-91-95(84,85)89-64-70(77)63-88-94(82,83)90-67-71(65-86-73(78)59-54-49-43-17-14-11-8-3)92-75(80)61-56-51-46-41-35-21-19-16-13-10-7-2/h69-72,77H,6-68H2,1-5H3,(H,82,83)(H,84,85)/t70-,71+,72+/m0/s1. The topological polar surface area (TPSA) is 237 Å². The van der Waals surface area contributed by atoms with Crippen LogP contribution in [0.1, 0.15) is 401 Å². The second kappa shape index (κ2) is 69.2. The van der Waals surface area contributed by atoms with E-state index >= 15 is 0 Å². The molecule has 0 bridgehead atoms. The van der Waals surface area contributed by atoms with Gasteiger partial charge >= 0.3 is 39.5 Å². The van der Waals surface area contributed by atoms with E-state index in [0.29, 0.717) is 25.7 Å². The summed E-state index contributed by atoms with van der Waals surface area (Å²) in [6.45, 7) is 7.28. The fraction of sp³-hybridized carbons (Fsp3) is 0.947. The third-order valence-corrected chi connectivity index (χ3v) is 19.7. The first-order valence-corrected chi connectivity index (χ1v) is 42.6. The van der Waals surface area contributed by atoms with E-state index in [9.17, 15) is 43.2 Å². The van der Waals surface area contributed by atoms with Gasteiger partial charge in [0.2, 0.25) is 0 Å². The molecule has 5 atom stereocenters. The minimum absolute atomic E-state index is 0.107. The quantitative estimate of drug-likeness (QED) is 0.0222. The number of aliphatic hydroxyl groups excluding tert-OH is 1. The van der Waals surface area contributed by atoms with Crippen molar-refractivity contribution < 1.29 is 80.2 Å². The number of ether oxygens (including phenoxy) is 4. The molecule has 0 heterocycles. The van der Waals surface area contributed by atoms with Crippen molar-refractivity contribution >= 4 is 39.5 Å². The van der Waals surface area contributed by atoms with Crippen molar-refractivity contribution in [3.8, 4) is 0 Å². The Hall–Kier alpha value is -1.94. The highest BCUT2D eigenvalue weighted by atomic mass is 31.2. The van der Waals surface area contributed by atoms with E-state index in [4.69, 9.17) is 37.0 Å². The van der Waals surface area contributed by atoms with Crippen LogP contribution < -0.4 is 0 Å². The molecule has 0 amide bonds. The fourth-order valence-corrected chi connectivity index (χ4v) is 13.3. The molecule has 3 N–H and O–H groups in total. The summed E-state index contributed by atoms with van der Waals surface area (Å²) < 4.78 is 68.4. The number of phosphoric ester groups is 2. The average Bonchev–Trinajstić information content (AvgIpc) is 1.25. The summed E-state index contributed by atoms with van der Waals surface area (Å²) in [5.74, 6) is -1.31. The molecule has 0 fully saturated rings. The van der Waals surface area contributed by atoms with Gasteiger partial charge in [-0.15, -0.1) is 0 Å². The largest absolute Gasteiger partial charge is 0.472 e. The molecule has 0 aromatic carbocycles. The van der Waals surface area contributed by atoms with Crippen LogP contribution in [0.5, 0.6) is 0 Å². The lowest BCUT2D eigenvalue weighted by Crippen LogP contribution is -2.30. The molecular weight excluding hydrogens is 1250 g/mol. The lowest BCUT2D eigenvalue weighted by Gasteiger charge is -2.21. The molecule has 2 unspecified atom stereocenters. The van der Waals surface area contributed by atoms with E-state index in [0.717, 1.165) is 109 Å². The number of hydrogen-bond acceptors (Lipinski definition) is 15. The van der Waals surface area contributed by atoms with Crippen molar-refractivity contribution in [2.45, 2.75) is 419 Å². The normalized spacial score (nSPS) is 13.9. The molecule has 17 nitrogen and oxygen atoms in total. The molecule has 0 rings (SSSR count). The van der Waals surface area contributed by atoms with Gasteiger partial charge in [0, 0.05) is 25.7 Å². The van der Waals surface area contributed by atoms with E-state index in [1.54, 1.807) is 0 Å². The summed E-state index contributed by atoms with van der Waals surface area (Å²) in [7, 11) is -9.90. The number of phosphoric acid groups is 2. The predicted molar refractivity (Wildman–Crippen MR) is 386 cm³/mol. The number of hydrogen-bond donors (Lipinski definition) is 3. The van der Waals surface area contributed by atoms with E-state index in [1.165, 1.54) is 212 Å². The van der Waals surface area contributed by atoms with E-state index < -0.39 is 97.5 Å². The van der Waals surface area contributed by atoms with Crippen LogP contribution in [0.3, 0.4) is 0 Å². The van der Waals surface area contributed by atoms with Crippen molar-refractivity contribution in [1.29, 1.82) is 0 Å². The number of aliphatic hydroxyl groups is 1. The molecule has 19 heteroatoms. The van der Waals surface area contributed by atoms with Gasteiger partial charge in [-0.1, -0.05) is 349 Å². The SMILES string of the molecule is CCCCCCCCCCCCCCCCCCCCCC(=O)O[C@H](COC(=O)CCCCCCCCCCCCCCCCCC(C)C)COP(=O)(O)OC[C@@H](O)COP(=O)(O)OC[C@@H](COC(=O)CCCCCCCCC)OC(=O)CCCCCCCCCCCCC. The summed E-state index contributed by atoms with van der Waals surface area (Å²) in [5, 5.41) is 10.6. The highest BCUT2D eigenvalue weighted by Crippen LogP contribution is 2.45. The Kier molecular flexibility index (Phi) is 67.7. The van der Waals surface area contributed by atoms with E-state index in [1.807, 2.05) is 0 Å². The van der Waals surface area contributed by atoms with Crippen molar-refractivity contribution in [2.24, 2.45) is 5.92 Å². The van der Waals surface area contributed by atoms with Crippen LogP contribution in [0.4, 0.5) is 0 Å². The average molecular weight is 1400 g/mol. The van der Waals surface area contributed by atoms with Crippen LogP contribution in [-0.2, 0) is 65.4 Å². The van der Waals surface area contributed by atoms with Gasteiger partial charge in [0.1, 0.15) is 19.3 Å². The highest BCUT2D eigenvalue weighted by molar-refractivity contribution is 7.47. The number of unbranched alkanes of at least 4 members (excludes halogenated alkanes) is 48. The van der Waals surface area contributed by atoms with Gasteiger partial charge in [-0.3, -0.25) is 37.3 Å². The van der Waals surface area contributed by atoms with Gasteiger partial charge in [-0.25, -0.2) is 9.13 Å². The third kappa shape index (κ3) is 70.3. The third-order valence-electron chi connectivity index (χ3n) is 17.8. The molecule has 0 saturated carbocycles. The maximum absolute atomic E-state index is 13.1. The molecule has 0 radical (unpaired) electrons. The van der Waals surface area contributed by atoms with Crippen molar-refractivity contribution in [3.05, 3.63) is 0 Å². The Bertz CT molecular complexity index is 1820. The first-order valence-electron chi connectivity index (χ1n) is 39.6. The number of carbonyl (C=O) groups excluding carboxylic acids is 4. The Balaban J connectivity index is 5.17. The molecule has 0 aromatic heterocycles. The first-order chi connectivity index (χ1) is 46.0. The van der Waals surface area contributed by atoms with E-state index in [-0.39, 0.29) is 25.7 Å². The number of rotatable bonds is 76. The molecule has 0 saturated heterocycles. The zero-order chi connectivity index (χ0) is 69.8. The molecule has 0 aliphatic rings. The lowest BCUT2D eigenvalue weighted by molar-refractivity contribution is -0.161. The van der Waals surface area contributed by atoms with Gasteiger partial charge < -0.3 is 33.8 Å². The second-order valence-electron chi connectivity index (χ2n) is 27.9. The summed E-state index contributed by atoms with van der Waals surface area (Å²) in [4.78, 5) is 72.6. The summed E-state index contributed by atoms with van der Waals surface area (Å²) >= 11 is 0. The van der Waals surface area contributed by atoms with Crippen molar-refractivity contribution in [1.82, 2.24) is 0 Å². The van der Waals surface area contributed by atoms with Gasteiger partial charge in [0.05, 0.1) is 26.4 Å². The van der Waals surface area contributed by atoms with Crippen LogP contribution >= 0.6 is 15.6 Å². The van der Waals surface area contributed by atoms with Crippen LogP contribution in [-0.4, -0.2) is 96.7 Å². The number of carbonyl (C=O) groups is 4. The molecule has 0 spiro atoms. The Morgan fingerprint density at radius 1 is 0.284 bits per heavy atom. The Morgan fingerprint density at radius 3 is 0.716 bits per heavy atom. The van der Waals surface area contributed by atoms with Crippen LogP contribution in [0.25, 0.3) is 0 Å². The first kappa shape index (κ1) is 93.1. The summed E-state index contributed by atoms with van der Waals surface area (Å²) in [5.41, 5.74) is 0. The predicted octanol–water partition coefficient (Wildman–Crippen LogP) is 22.5. The van der Waals surface area contributed by atoms with Gasteiger partial charge in [0.15, 0.2) is 12.2 Å². The van der Waals surface area contributed by atoms with Crippen LogP contribution in [0.2, 0.25) is 0 Å². The Morgan fingerprint density at radius 2 is 0.484 bits per heavy atom. The molecule has 0 aliphatic heterocycles. The lowest BCUT2D eigenvalue weighted by atomic mass is 10.0. The highest BCUT2D eigenvalue weighted by Gasteiger charge is 2.30. The van der Waals surface area contributed by atoms with Crippen LogP contribution in [0.15, 0.2) is 0 Å². The minimum atomic E-state index is -4.96. The van der Waals surface area contributed by atoms with E-state index in [2.05, 4.69) is 34.6 Å². The Labute approximate surface area is 581 Å². The fourth-order valence-electron chi connectivity index (χ4n) is 11.7. The maximum atomic E-state index is 13.1. The molecule has 0 aliphatic carbocycles. The molecular formula is C76H148O17P2. The molecule has 95 heavy (non-hydrogen) atoms. The monoisotopic (exact) mass is 1400 g/mol. The van der Waals surface area contributed by atoms with Crippen LogP contribution in [0, 0.1) is 5.92 Å². The van der Waals surface area contributed by atoms with Crippen molar-refractivity contribution in [3.63, 3.8) is 0 Å². The smallest absolute Gasteiger partial charge is 0.462 e. The second-order valence-corrected chi connectivity index (χ2v) is 30.8. The summed E-state index contributed by atoms with van der Waals surface area (Å²) in [6, 6.07) is 0. The minimum Gasteiger partial charge on any atom is -0.462 e. The van der Waals surface area contributed by atoms with Gasteiger partial charge in [-0.2, -0.15) is 0 Å². The zero-order valence-electron chi connectivity index (χ0n) is 61.8. The maximum Gasteiger partial charge on any atom is 0.472 e. The number of esters is 4. The van der Waals surface area contributed by atoms with Crippen molar-refractivity contribution in [2.75, 3.05) is 39.6 Å². The molecule has 564 valence electrons. The zero-order valence-corrected chi connectivity index (χ0v) is 63.6. The summed E-state index contributed by atoms with van der Waals surface area (Å²) in [6.07, 6.45) is 58.4.